The topological polar surface area (TPSA) is 70.4 Å². The highest BCUT2D eigenvalue weighted by Crippen LogP contribution is 2.54. The Bertz CT molecular complexity index is 720. The Kier molecular flexibility index (Phi) is 5.76. The van der Waals surface area contributed by atoms with Gasteiger partial charge < -0.3 is 9.64 Å². The van der Waals surface area contributed by atoms with Crippen molar-refractivity contribution in [3.8, 4) is 6.07 Å². The molecule has 2 rings (SSSR count). The van der Waals surface area contributed by atoms with Crippen LogP contribution in [0.5, 0.6) is 0 Å². The first-order chi connectivity index (χ1) is 12.0. The Hall–Kier alpha value is -2.87. The lowest BCUT2D eigenvalue weighted by Crippen LogP contribution is -2.39. The summed E-state index contributed by atoms with van der Waals surface area (Å²) in [6.45, 7) is 9.70. The molecule has 0 heterocycles. The van der Waals surface area contributed by atoms with E-state index in [1.54, 1.807) is 13.0 Å². The Labute approximate surface area is 148 Å². The highest BCUT2D eigenvalue weighted by Gasteiger charge is 2.60. The standard InChI is InChI=1S/C20H22N2O3/c1-4-17-11-20(17,14-21)19(24)22(12-15(3)18(23)25-5-2)13-16-9-7-6-8-10-16/h4,6-10,17H,1,3,5,11-13H2,2H3. The van der Waals surface area contributed by atoms with Gasteiger partial charge >= 0.3 is 5.97 Å². The minimum atomic E-state index is -1.08. The van der Waals surface area contributed by atoms with Gasteiger partial charge in [0.1, 0.15) is 5.41 Å². The van der Waals surface area contributed by atoms with Gasteiger partial charge in [0.25, 0.3) is 0 Å². The molecule has 1 aromatic rings. The molecule has 25 heavy (non-hydrogen) atoms. The molecule has 1 amide bonds. The number of nitrogens with zero attached hydrogens (tertiary/aromatic N) is 2. The molecule has 0 radical (unpaired) electrons. The van der Waals surface area contributed by atoms with Gasteiger partial charge in [-0.3, -0.25) is 4.79 Å². The third kappa shape index (κ3) is 3.97. The molecule has 0 aliphatic heterocycles. The van der Waals surface area contributed by atoms with Crippen LogP contribution in [0.15, 0.2) is 55.1 Å². The SMILES string of the molecule is C=CC1CC1(C#N)C(=O)N(CC(=C)C(=O)OCC)Cc1ccccc1. The van der Waals surface area contributed by atoms with E-state index in [0.717, 1.165) is 5.56 Å². The van der Waals surface area contributed by atoms with Crippen molar-refractivity contribution < 1.29 is 14.3 Å². The van der Waals surface area contributed by atoms with Crippen LogP contribution >= 0.6 is 0 Å². The number of esters is 1. The van der Waals surface area contributed by atoms with E-state index in [9.17, 15) is 14.9 Å². The van der Waals surface area contributed by atoms with Crippen LogP contribution < -0.4 is 0 Å². The quantitative estimate of drug-likeness (QED) is 0.415. The van der Waals surface area contributed by atoms with E-state index in [0.29, 0.717) is 13.0 Å². The fraction of sp³-hybridized carbons (Fsp3) is 0.350. The summed E-state index contributed by atoms with van der Waals surface area (Å²) < 4.78 is 4.95. The van der Waals surface area contributed by atoms with E-state index in [1.165, 1.54) is 4.90 Å². The smallest absolute Gasteiger partial charge is 0.335 e. The second-order valence-electron chi connectivity index (χ2n) is 6.10. The minimum Gasteiger partial charge on any atom is -0.463 e. The van der Waals surface area contributed by atoms with Gasteiger partial charge in [0.2, 0.25) is 5.91 Å². The molecule has 1 aromatic carbocycles. The van der Waals surface area contributed by atoms with Gasteiger partial charge in [-0.15, -0.1) is 6.58 Å². The van der Waals surface area contributed by atoms with Crippen LogP contribution in [0.3, 0.4) is 0 Å². The van der Waals surface area contributed by atoms with Gasteiger partial charge in [-0.05, 0) is 18.9 Å². The Morgan fingerprint density at radius 2 is 2.12 bits per heavy atom. The number of carbonyl (C=O) groups excluding carboxylic acids is 2. The largest absolute Gasteiger partial charge is 0.463 e. The molecule has 0 spiro atoms. The average molecular weight is 338 g/mol. The molecular weight excluding hydrogens is 316 g/mol. The molecule has 1 aliphatic rings. The van der Waals surface area contributed by atoms with Crippen molar-refractivity contribution in [1.29, 1.82) is 5.26 Å². The van der Waals surface area contributed by atoms with Crippen LogP contribution in [0, 0.1) is 22.7 Å². The molecule has 1 saturated carbocycles. The van der Waals surface area contributed by atoms with E-state index in [1.807, 2.05) is 30.3 Å². The van der Waals surface area contributed by atoms with E-state index in [4.69, 9.17) is 4.74 Å². The molecule has 1 fully saturated rings. The lowest BCUT2D eigenvalue weighted by molar-refractivity contribution is -0.139. The molecular formula is C20H22N2O3. The predicted octanol–water partition coefficient (Wildman–Crippen LogP) is 2.85. The van der Waals surface area contributed by atoms with Crippen molar-refractivity contribution in [2.45, 2.75) is 19.9 Å². The van der Waals surface area contributed by atoms with Crippen molar-refractivity contribution >= 4 is 11.9 Å². The molecule has 1 aliphatic carbocycles. The van der Waals surface area contributed by atoms with E-state index in [-0.39, 0.29) is 30.5 Å². The normalized spacial score (nSPS) is 20.9. The summed E-state index contributed by atoms with van der Waals surface area (Å²) in [5.74, 6) is -0.983. The van der Waals surface area contributed by atoms with Crippen LogP contribution in [-0.4, -0.2) is 29.9 Å². The van der Waals surface area contributed by atoms with E-state index in [2.05, 4.69) is 19.2 Å². The third-order valence-electron chi connectivity index (χ3n) is 4.33. The second kappa shape index (κ2) is 7.80. The predicted molar refractivity (Wildman–Crippen MR) is 94.0 cm³/mol. The van der Waals surface area contributed by atoms with Gasteiger partial charge in [0, 0.05) is 18.0 Å². The number of allylic oxidation sites excluding steroid dienone is 1. The summed E-state index contributed by atoms with van der Waals surface area (Å²) in [5.41, 5.74) is 0.0253. The van der Waals surface area contributed by atoms with Gasteiger partial charge in [-0.1, -0.05) is 43.0 Å². The molecule has 2 unspecified atom stereocenters. The summed E-state index contributed by atoms with van der Waals surface area (Å²) in [7, 11) is 0. The number of nitriles is 1. The first kappa shape index (κ1) is 18.5. The van der Waals surface area contributed by atoms with Crippen molar-refractivity contribution in [2.24, 2.45) is 11.3 Å². The molecule has 0 N–H and O–H groups in total. The summed E-state index contributed by atoms with van der Waals surface area (Å²) >= 11 is 0. The molecule has 0 bridgehead atoms. The zero-order chi connectivity index (χ0) is 18.4. The summed E-state index contributed by atoms with van der Waals surface area (Å²) in [6, 6.07) is 11.6. The third-order valence-corrected chi connectivity index (χ3v) is 4.33. The van der Waals surface area contributed by atoms with Gasteiger partial charge in [-0.25, -0.2) is 4.79 Å². The van der Waals surface area contributed by atoms with Gasteiger partial charge in [0.15, 0.2) is 0 Å². The maximum absolute atomic E-state index is 13.0. The Balaban J connectivity index is 2.22. The summed E-state index contributed by atoms with van der Waals surface area (Å²) in [4.78, 5) is 26.4. The van der Waals surface area contributed by atoms with Gasteiger partial charge in [0.05, 0.1) is 19.2 Å². The first-order valence-electron chi connectivity index (χ1n) is 8.20. The van der Waals surface area contributed by atoms with Crippen molar-refractivity contribution in [1.82, 2.24) is 4.90 Å². The van der Waals surface area contributed by atoms with Gasteiger partial charge in [-0.2, -0.15) is 5.26 Å². The number of amides is 1. The van der Waals surface area contributed by atoms with Crippen LogP contribution in [0.25, 0.3) is 0 Å². The van der Waals surface area contributed by atoms with E-state index >= 15 is 0 Å². The number of ether oxygens (including phenoxy) is 1. The van der Waals surface area contributed by atoms with E-state index < -0.39 is 11.4 Å². The maximum atomic E-state index is 13.0. The highest BCUT2D eigenvalue weighted by molar-refractivity contribution is 5.92. The number of rotatable bonds is 8. The monoisotopic (exact) mass is 338 g/mol. The zero-order valence-electron chi connectivity index (χ0n) is 14.4. The molecule has 2 atom stereocenters. The number of hydrogen-bond donors (Lipinski definition) is 0. The first-order valence-corrected chi connectivity index (χ1v) is 8.20. The van der Waals surface area contributed by atoms with Crippen molar-refractivity contribution in [3.05, 3.63) is 60.7 Å². The number of hydrogen-bond acceptors (Lipinski definition) is 4. The Morgan fingerprint density at radius 1 is 1.44 bits per heavy atom. The summed E-state index contributed by atoms with van der Waals surface area (Å²) in [6.07, 6.45) is 2.10. The molecule has 0 saturated heterocycles. The van der Waals surface area contributed by atoms with Crippen LogP contribution in [0.2, 0.25) is 0 Å². The van der Waals surface area contributed by atoms with Crippen LogP contribution in [-0.2, 0) is 20.9 Å². The van der Waals surface area contributed by atoms with Crippen LogP contribution in [0.4, 0.5) is 0 Å². The van der Waals surface area contributed by atoms with Crippen LogP contribution in [0.1, 0.15) is 18.9 Å². The Morgan fingerprint density at radius 3 is 2.64 bits per heavy atom. The molecule has 0 aromatic heterocycles. The minimum absolute atomic E-state index is 0.0276. The fourth-order valence-corrected chi connectivity index (χ4v) is 2.81. The average Bonchev–Trinajstić information content (AvgIpc) is 3.36. The zero-order valence-corrected chi connectivity index (χ0v) is 14.4. The molecule has 5 nitrogen and oxygen atoms in total. The number of benzene rings is 1. The summed E-state index contributed by atoms with van der Waals surface area (Å²) in [5, 5.41) is 9.51. The van der Waals surface area contributed by atoms with Crippen molar-refractivity contribution in [3.63, 3.8) is 0 Å². The maximum Gasteiger partial charge on any atom is 0.335 e. The second-order valence-corrected chi connectivity index (χ2v) is 6.10. The molecule has 130 valence electrons. The van der Waals surface area contributed by atoms with Crippen molar-refractivity contribution in [2.75, 3.05) is 13.2 Å². The highest BCUT2D eigenvalue weighted by atomic mass is 16.5. The lowest BCUT2D eigenvalue weighted by atomic mass is 10.0. The lowest BCUT2D eigenvalue weighted by Gasteiger charge is -2.26. The fourth-order valence-electron chi connectivity index (χ4n) is 2.81. The number of carbonyl (C=O) groups is 2. The molecule has 5 heteroatoms.